The Hall–Kier alpha value is -1.79. The SMILES string of the molecule is COc1cc(CNCC(C)O)ccc1/C(N)=N/O. The molecule has 1 rings (SSSR count). The predicted molar refractivity (Wildman–Crippen MR) is 68.9 cm³/mol. The van der Waals surface area contributed by atoms with Gasteiger partial charge in [-0.25, -0.2) is 0 Å². The molecule has 0 aliphatic heterocycles. The molecule has 6 heteroatoms. The summed E-state index contributed by atoms with van der Waals surface area (Å²) >= 11 is 0. The first-order valence-electron chi connectivity index (χ1n) is 5.62. The molecule has 0 aliphatic carbocycles. The summed E-state index contributed by atoms with van der Waals surface area (Å²) in [5.41, 5.74) is 7.06. The Bertz CT molecular complexity index is 419. The Kier molecular flexibility index (Phi) is 5.41. The number of methoxy groups -OCH3 is 1. The van der Waals surface area contributed by atoms with Gasteiger partial charge in [0.2, 0.25) is 0 Å². The number of aliphatic hydroxyl groups excluding tert-OH is 1. The zero-order chi connectivity index (χ0) is 13.5. The van der Waals surface area contributed by atoms with Crippen molar-refractivity contribution < 1.29 is 15.1 Å². The second-order valence-corrected chi connectivity index (χ2v) is 4.00. The molecule has 0 heterocycles. The van der Waals surface area contributed by atoms with E-state index in [1.54, 1.807) is 13.0 Å². The lowest BCUT2D eigenvalue weighted by atomic mass is 10.1. The molecular weight excluding hydrogens is 234 g/mol. The fourth-order valence-corrected chi connectivity index (χ4v) is 1.54. The minimum absolute atomic E-state index is 0.00957. The lowest BCUT2D eigenvalue weighted by molar-refractivity contribution is 0.191. The van der Waals surface area contributed by atoms with Crippen LogP contribution in [0.5, 0.6) is 5.75 Å². The third-order valence-corrected chi connectivity index (χ3v) is 2.42. The number of rotatable bonds is 6. The maximum atomic E-state index is 9.13. The van der Waals surface area contributed by atoms with Crippen molar-refractivity contribution in [3.05, 3.63) is 29.3 Å². The number of aliphatic hydroxyl groups is 1. The highest BCUT2D eigenvalue weighted by Gasteiger charge is 2.08. The third-order valence-electron chi connectivity index (χ3n) is 2.42. The Morgan fingerprint density at radius 1 is 1.56 bits per heavy atom. The number of amidine groups is 1. The van der Waals surface area contributed by atoms with Gasteiger partial charge in [0.05, 0.1) is 18.8 Å². The zero-order valence-corrected chi connectivity index (χ0v) is 10.6. The Balaban J connectivity index is 2.79. The molecule has 0 radical (unpaired) electrons. The smallest absolute Gasteiger partial charge is 0.173 e. The van der Waals surface area contributed by atoms with E-state index in [-0.39, 0.29) is 11.9 Å². The quantitative estimate of drug-likeness (QED) is 0.252. The van der Waals surface area contributed by atoms with Crippen LogP contribution in [0.15, 0.2) is 23.4 Å². The molecule has 0 aliphatic rings. The molecule has 0 spiro atoms. The summed E-state index contributed by atoms with van der Waals surface area (Å²) in [5, 5.41) is 23.8. The molecule has 1 atom stereocenters. The molecule has 0 bridgehead atoms. The molecule has 5 N–H and O–H groups in total. The van der Waals surface area contributed by atoms with E-state index < -0.39 is 0 Å². The highest BCUT2D eigenvalue weighted by atomic mass is 16.5. The van der Waals surface area contributed by atoms with Crippen molar-refractivity contribution in [1.82, 2.24) is 5.32 Å². The topological polar surface area (TPSA) is 100 Å². The second kappa shape index (κ2) is 6.83. The number of benzene rings is 1. The van der Waals surface area contributed by atoms with Gasteiger partial charge < -0.3 is 26.1 Å². The molecule has 0 saturated heterocycles. The zero-order valence-electron chi connectivity index (χ0n) is 10.6. The first-order valence-corrected chi connectivity index (χ1v) is 5.62. The summed E-state index contributed by atoms with van der Waals surface area (Å²) in [6.07, 6.45) is -0.386. The van der Waals surface area contributed by atoms with Gasteiger partial charge in [-0.05, 0) is 24.6 Å². The molecule has 1 aromatic rings. The summed E-state index contributed by atoms with van der Waals surface area (Å²) in [5.74, 6) is 0.553. The fraction of sp³-hybridized carbons (Fsp3) is 0.417. The van der Waals surface area contributed by atoms with Crippen molar-refractivity contribution in [3.63, 3.8) is 0 Å². The Morgan fingerprint density at radius 3 is 2.83 bits per heavy atom. The van der Waals surface area contributed by atoms with Crippen LogP contribution in [0.4, 0.5) is 0 Å². The normalized spacial score (nSPS) is 13.4. The predicted octanol–water partition coefficient (Wildman–Crippen LogP) is 0.260. The average molecular weight is 253 g/mol. The molecule has 100 valence electrons. The van der Waals surface area contributed by atoms with Crippen molar-refractivity contribution in [2.45, 2.75) is 19.6 Å². The van der Waals surface area contributed by atoms with Gasteiger partial charge in [0.15, 0.2) is 5.84 Å². The van der Waals surface area contributed by atoms with E-state index in [1.807, 2.05) is 12.1 Å². The van der Waals surface area contributed by atoms with Crippen LogP contribution in [-0.2, 0) is 6.54 Å². The van der Waals surface area contributed by atoms with Gasteiger partial charge >= 0.3 is 0 Å². The summed E-state index contributed by atoms with van der Waals surface area (Å²) in [6.45, 7) is 2.84. The first kappa shape index (κ1) is 14.3. The maximum Gasteiger partial charge on any atom is 0.173 e. The van der Waals surface area contributed by atoms with Crippen LogP contribution < -0.4 is 15.8 Å². The second-order valence-electron chi connectivity index (χ2n) is 4.00. The van der Waals surface area contributed by atoms with Gasteiger partial charge in [-0.2, -0.15) is 0 Å². The van der Waals surface area contributed by atoms with Gasteiger partial charge in [0, 0.05) is 13.1 Å². The summed E-state index contributed by atoms with van der Waals surface area (Å²) in [6, 6.07) is 5.39. The van der Waals surface area contributed by atoms with Gasteiger partial charge in [-0.1, -0.05) is 11.2 Å². The highest BCUT2D eigenvalue weighted by molar-refractivity contribution is 5.99. The highest BCUT2D eigenvalue weighted by Crippen LogP contribution is 2.19. The molecule has 0 saturated carbocycles. The summed E-state index contributed by atoms with van der Waals surface area (Å²) in [4.78, 5) is 0. The van der Waals surface area contributed by atoms with E-state index in [0.29, 0.717) is 24.4 Å². The van der Waals surface area contributed by atoms with Crippen LogP contribution in [0.1, 0.15) is 18.1 Å². The molecule has 1 aromatic carbocycles. The van der Waals surface area contributed by atoms with Crippen LogP contribution in [0, 0.1) is 0 Å². The van der Waals surface area contributed by atoms with Gasteiger partial charge in [-0.15, -0.1) is 0 Å². The molecule has 6 nitrogen and oxygen atoms in total. The minimum Gasteiger partial charge on any atom is -0.496 e. The van der Waals surface area contributed by atoms with Crippen molar-refractivity contribution >= 4 is 5.84 Å². The van der Waals surface area contributed by atoms with E-state index in [1.165, 1.54) is 7.11 Å². The number of nitrogens with two attached hydrogens (primary N) is 1. The van der Waals surface area contributed by atoms with E-state index in [4.69, 9.17) is 20.8 Å². The number of nitrogens with zero attached hydrogens (tertiary/aromatic N) is 1. The van der Waals surface area contributed by atoms with Crippen molar-refractivity contribution in [3.8, 4) is 5.75 Å². The van der Waals surface area contributed by atoms with Crippen LogP contribution >= 0.6 is 0 Å². The maximum absolute atomic E-state index is 9.13. The van der Waals surface area contributed by atoms with Crippen LogP contribution in [0.3, 0.4) is 0 Å². The van der Waals surface area contributed by atoms with Gasteiger partial charge in [0.1, 0.15) is 5.75 Å². The fourth-order valence-electron chi connectivity index (χ4n) is 1.54. The van der Waals surface area contributed by atoms with E-state index in [2.05, 4.69) is 10.5 Å². The van der Waals surface area contributed by atoms with Crippen molar-refractivity contribution in [1.29, 1.82) is 0 Å². The average Bonchev–Trinajstić information content (AvgIpc) is 2.37. The van der Waals surface area contributed by atoms with E-state index in [9.17, 15) is 0 Å². The molecular formula is C12H19N3O3. The number of hydrogen-bond acceptors (Lipinski definition) is 5. The van der Waals surface area contributed by atoms with Gasteiger partial charge in [-0.3, -0.25) is 0 Å². The summed E-state index contributed by atoms with van der Waals surface area (Å²) < 4.78 is 5.19. The monoisotopic (exact) mass is 253 g/mol. The Morgan fingerprint density at radius 2 is 2.28 bits per heavy atom. The van der Waals surface area contributed by atoms with Crippen molar-refractivity contribution in [2.75, 3.05) is 13.7 Å². The lowest BCUT2D eigenvalue weighted by Gasteiger charge is -2.11. The molecule has 1 unspecified atom stereocenters. The first-order chi connectivity index (χ1) is 8.58. The molecule has 18 heavy (non-hydrogen) atoms. The van der Waals surface area contributed by atoms with E-state index >= 15 is 0 Å². The summed E-state index contributed by atoms with van der Waals surface area (Å²) in [7, 11) is 1.52. The molecule has 0 amide bonds. The molecule has 0 fully saturated rings. The minimum atomic E-state index is -0.386. The van der Waals surface area contributed by atoms with Crippen molar-refractivity contribution in [2.24, 2.45) is 10.9 Å². The van der Waals surface area contributed by atoms with Crippen LogP contribution in [0.2, 0.25) is 0 Å². The lowest BCUT2D eigenvalue weighted by Crippen LogP contribution is -2.24. The largest absolute Gasteiger partial charge is 0.496 e. The Labute approximate surface area is 106 Å². The number of hydrogen-bond donors (Lipinski definition) is 4. The van der Waals surface area contributed by atoms with Gasteiger partial charge in [0.25, 0.3) is 0 Å². The van der Waals surface area contributed by atoms with Crippen LogP contribution in [-0.4, -0.2) is 35.9 Å². The standard InChI is InChI=1S/C12H19N3O3/c1-8(16)6-14-7-9-3-4-10(12(13)15-17)11(5-9)18-2/h3-5,8,14,16-17H,6-7H2,1-2H3,(H2,13,15). The van der Waals surface area contributed by atoms with E-state index in [0.717, 1.165) is 5.56 Å². The van der Waals surface area contributed by atoms with Crippen LogP contribution in [0.25, 0.3) is 0 Å². The number of oxime groups is 1. The molecule has 0 aromatic heterocycles. The number of nitrogens with one attached hydrogen (secondary N) is 1. The number of ether oxygens (including phenoxy) is 1. The third kappa shape index (κ3) is 3.90.